The molecule has 0 unspecified atom stereocenters. The molecule has 4 heterocycles. The highest BCUT2D eigenvalue weighted by Crippen LogP contribution is 2.24. The summed E-state index contributed by atoms with van der Waals surface area (Å²) in [6.07, 6.45) is 2.04. The molecule has 8 nitrogen and oxygen atoms in total. The van der Waals surface area contributed by atoms with Gasteiger partial charge in [-0.25, -0.2) is 8.42 Å². The Morgan fingerprint density at radius 2 is 1.59 bits per heavy atom. The largest absolute Gasteiger partial charge is 0.355 e. The predicted octanol–water partition coefficient (Wildman–Crippen LogP) is 1.49. The molecule has 1 aromatic carbocycles. The van der Waals surface area contributed by atoms with Crippen molar-refractivity contribution in [2.75, 3.05) is 42.6 Å². The van der Waals surface area contributed by atoms with Gasteiger partial charge >= 0.3 is 0 Å². The van der Waals surface area contributed by atoms with E-state index in [1.54, 1.807) is 0 Å². The van der Waals surface area contributed by atoms with E-state index < -0.39 is 9.84 Å². The number of nitrogens with zero attached hydrogens (tertiary/aromatic N) is 6. The lowest BCUT2D eigenvalue weighted by Crippen LogP contribution is -2.50. The van der Waals surface area contributed by atoms with Gasteiger partial charge in [-0.2, -0.15) is 4.52 Å². The minimum atomic E-state index is -2.83. The molecule has 3 aromatic rings. The Labute approximate surface area is 170 Å². The van der Waals surface area contributed by atoms with Crippen molar-refractivity contribution in [3.05, 3.63) is 42.5 Å². The van der Waals surface area contributed by atoms with Crippen molar-refractivity contribution in [1.82, 2.24) is 24.7 Å². The van der Waals surface area contributed by atoms with Gasteiger partial charge in [0.2, 0.25) is 0 Å². The lowest BCUT2D eigenvalue weighted by atomic mass is 10.0. The maximum absolute atomic E-state index is 11.7. The zero-order chi connectivity index (χ0) is 19.8. The van der Waals surface area contributed by atoms with Gasteiger partial charge in [0.05, 0.1) is 11.5 Å². The molecule has 2 aromatic heterocycles. The molecule has 0 saturated carbocycles. The Bertz CT molecular complexity index is 1090. The average Bonchev–Trinajstić information content (AvgIpc) is 3.18. The van der Waals surface area contributed by atoms with Gasteiger partial charge in [-0.05, 0) is 25.0 Å². The summed E-state index contributed by atoms with van der Waals surface area (Å²) >= 11 is 0. The van der Waals surface area contributed by atoms with E-state index >= 15 is 0 Å². The molecular weight excluding hydrogens is 388 g/mol. The number of benzene rings is 1. The number of hydrogen-bond acceptors (Lipinski definition) is 7. The number of piperidine rings is 1. The first-order valence-electron chi connectivity index (χ1n) is 10.1. The molecule has 2 aliphatic rings. The van der Waals surface area contributed by atoms with E-state index in [-0.39, 0.29) is 0 Å². The summed E-state index contributed by atoms with van der Waals surface area (Å²) in [5, 5.41) is 13.4. The molecule has 29 heavy (non-hydrogen) atoms. The molecule has 0 bridgehead atoms. The van der Waals surface area contributed by atoms with E-state index in [0.717, 1.165) is 48.8 Å². The average molecular weight is 413 g/mol. The van der Waals surface area contributed by atoms with Crippen molar-refractivity contribution in [3.63, 3.8) is 0 Å². The smallest absolute Gasteiger partial charge is 0.185 e. The van der Waals surface area contributed by atoms with E-state index in [4.69, 9.17) is 5.10 Å². The summed E-state index contributed by atoms with van der Waals surface area (Å²) in [6.45, 7) is 3.15. The van der Waals surface area contributed by atoms with Crippen molar-refractivity contribution in [2.45, 2.75) is 18.9 Å². The van der Waals surface area contributed by atoms with Gasteiger partial charge in [0.25, 0.3) is 0 Å². The third-order valence-electron chi connectivity index (χ3n) is 5.96. The first-order chi connectivity index (χ1) is 14.1. The van der Waals surface area contributed by atoms with E-state index in [1.165, 1.54) is 0 Å². The fourth-order valence-electron chi connectivity index (χ4n) is 4.27. The standard InChI is InChI=1S/C20H24N6O2S/c27-29(28)14-12-24(13-15-29)17-8-10-25(11-9-17)19-7-6-18-21-22-20(26(18)23-19)16-4-2-1-3-5-16/h1-7,17H,8-15H2. The van der Waals surface area contributed by atoms with E-state index in [2.05, 4.69) is 20.0 Å². The molecule has 152 valence electrons. The van der Waals surface area contributed by atoms with Crippen LogP contribution in [0.1, 0.15) is 12.8 Å². The Morgan fingerprint density at radius 3 is 2.31 bits per heavy atom. The predicted molar refractivity (Wildman–Crippen MR) is 112 cm³/mol. The highest BCUT2D eigenvalue weighted by atomic mass is 32.2. The third kappa shape index (κ3) is 3.72. The lowest BCUT2D eigenvalue weighted by molar-refractivity contribution is 0.182. The zero-order valence-corrected chi connectivity index (χ0v) is 17.0. The van der Waals surface area contributed by atoms with Gasteiger partial charge in [0.1, 0.15) is 5.82 Å². The summed E-state index contributed by atoms with van der Waals surface area (Å²) in [4.78, 5) is 4.65. The first-order valence-corrected chi connectivity index (χ1v) is 11.9. The monoisotopic (exact) mass is 412 g/mol. The summed E-state index contributed by atoms with van der Waals surface area (Å²) < 4.78 is 25.2. The Morgan fingerprint density at radius 1 is 0.862 bits per heavy atom. The SMILES string of the molecule is O=S1(=O)CCN(C2CCN(c3ccc4nnc(-c5ccccc5)n4n3)CC2)CC1. The Kier molecular flexibility index (Phi) is 4.71. The number of anilines is 1. The van der Waals surface area contributed by atoms with Crippen molar-refractivity contribution >= 4 is 21.3 Å². The van der Waals surface area contributed by atoms with Crippen LogP contribution in [0.4, 0.5) is 5.82 Å². The van der Waals surface area contributed by atoms with Gasteiger partial charge < -0.3 is 4.90 Å². The van der Waals surface area contributed by atoms with Crippen LogP contribution in [0.2, 0.25) is 0 Å². The van der Waals surface area contributed by atoms with Crippen LogP contribution in [-0.2, 0) is 9.84 Å². The third-order valence-corrected chi connectivity index (χ3v) is 7.57. The molecule has 5 rings (SSSR count). The molecule has 0 spiro atoms. The van der Waals surface area contributed by atoms with Crippen molar-refractivity contribution < 1.29 is 8.42 Å². The van der Waals surface area contributed by atoms with Crippen LogP contribution < -0.4 is 4.90 Å². The summed E-state index contributed by atoms with van der Waals surface area (Å²) in [6, 6.07) is 14.4. The van der Waals surface area contributed by atoms with Crippen LogP contribution in [0, 0.1) is 0 Å². The normalized spacial score (nSPS) is 20.9. The second-order valence-corrected chi connectivity index (χ2v) is 10.1. The highest BCUT2D eigenvalue weighted by molar-refractivity contribution is 7.91. The van der Waals surface area contributed by atoms with Crippen LogP contribution in [0.25, 0.3) is 17.0 Å². The van der Waals surface area contributed by atoms with Gasteiger partial charge in [-0.3, -0.25) is 4.90 Å². The molecule has 0 aliphatic carbocycles. The van der Waals surface area contributed by atoms with Crippen molar-refractivity contribution in [2.24, 2.45) is 0 Å². The summed E-state index contributed by atoms with van der Waals surface area (Å²) in [7, 11) is -2.83. The van der Waals surface area contributed by atoms with E-state index in [1.807, 2.05) is 47.0 Å². The summed E-state index contributed by atoms with van der Waals surface area (Å²) in [5.74, 6) is 2.25. The number of fused-ring (bicyclic) bond motifs is 1. The number of hydrogen-bond donors (Lipinski definition) is 0. The van der Waals surface area contributed by atoms with Gasteiger partial charge in [0.15, 0.2) is 21.3 Å². The van der Waals surface area contributed by atoms with E-state index in [0.29, 0.717) is 30.6 Å². The van der Waals surface area contributed by atoms with Crippen molar-refractivity contribution in [1.29, 1.82) is 0 Å². The highest BCUT2D eigenvalue weighted by Gasteiger charge is 2.30. The summed E-state index contributed by atoms with van der Waals surface area (Å²) in [5.41, 5.74) is 1.72. The molecule has 2 aliphatic heterocycles. The van der Waals surface area contributed by atoms with E-state index in [9.17, 15) is 8.42 Å². The maximum atomic E-state index is 11.7. The molecule has 0 amide bonds. The minimum absolute atomic E-state index is 0.293. The Hall–Kier alpha value is -2.52. The molecular formula is C20H24N6O2S. The fraction of sp³-hybridized carbons (Fsp3) is 0.450. The molecule has 0 atom stereocenters. The molecule has 2 fully saturated rings. The second-order valence-electron chi connectivity index (χ2n) is 7.76. The van der Waals surface area contributed by atoms with Crippen LogP contribution in [-0.4, -0.2) is 76.9 Å². The van der Waals surface area contributed by atoms with Crippen molar-refractivity contribution in [3.8, 4) is 11.4 Å². The number of aromatic nitrogens is 4. The molecule has 9 heteroatoms. The fourth-order valence-corrected chi connectivity index (χ4v) is 5.50. The van der Waals surface area contributed by atoms with Gasteiger partial charge in [0, 0.05) is 37.8 Å². The minimum Gasteiger partial charge on any atom is -0.355 e. The van der Waals surface area contributed by atoms with Crippen LogP contribution in [0.15, 0.2) is 42.5 Å². The quantitative estimate of drug-likeness (QED) is 0.644. The van der Waals surface area contributed by atoms with Gasteiger partial charge in [-0.1, -0.05) is 30.3 Å². The van der Waals surface area contributed by atoms with Gasteiger partial charge in [-0.15, -0.1) is 15.3 Å². The van der Waals surface area contributed by atoms with Crippen LogP contribution >= 0.6 is 0 Å². The second kappa shape index (κ2) is 7.38. The molecule has 0 N–H and O–H groups in total. The van der Waals surface area contributed by atoms with Crippen LogP contribution in [0.3, 0.4) is 0 Å². The Balaban J connectivity index is 1.31. The lowest BCUT2D eigenvalue weighted by Gasteiger charge is -2.40. The topological polar surface area (TPSA) is 83.7 Å². The maximum Gasteiger partial charge on any atom is 0.185 e. The number of rotatable bonds is 3. The zero-order valence-electron chi connectivity index (χ0n) is 16.2. The molecule has 0 radical (unpaired) electrons. The van der Waals surface area contributed by atoms with Crippen LogP contribution in [0.5, 0.6) is 0 Å². The molecule has 2 saturated heterocycles. The number of sulfone groups is 1. The first kappa shape index (κ1) is 18.5.